The summed E-state index contributed by atoms with van der Waals surface area (Å²) in [5.41, 5.74) is 0.922. The average molecular weight is 251 g/mol. The minimum absolute atomic E-state index is 0.143. The third-order valence-electron chi connectivity index (χ3n) is 2.34. The van der Waals surface area contributed by atoms with Crippen LogP contribution in [0, 0.1) is 0 Å². The summed E-state index contributed by atoms with van der Waals surface area (Å²) in [5.74, 6) is 0.976. The van der Waals surface area contributed by atoms with Crippen LogP contribution in [0.5, 0.6) is 0 Å². The summed E-state index contributed by atoms with van der Waals surface area (Å²) in [6.45, 7) is 0. The molecular formula is C13H11ClO3. The second kappa shape index (κ2) is 5.06. The molecule has 0 aliphatic rings. The highest BCUT2D eigenvalue weighted by Crippen LogP contribution is 2.24. The normalized spacial score (nSPS) is 10.2. The highest BCUT2D eigenvalue weighted by molar-refractivity contribution is 6.30. The van der Waals surface area contributed by atoms with Gasteiger partial charge in [-0.25, -0.2) is 0 Å². The molecule has 0 amide bonds. The Bertz CT molecular complexity index is 514. The van der Waals surface area contributed by atoms with Crippen LogP contribution in [0.15, 0.2) is 40.8 Å². The molecule has 1 aromatic carbocycles. The van der Waals surface area contributed by atoms with E-state index in [1.54, 1.807) is 18.2 Å². The molecule has 0 fully saturated rings. The van der Waals surface area contributed by atoms with Gasteiger partial charge in [0.05, 0.1) is 7.11 Å². The molecule has 3 nitrogen and oxygen atoms in total. The Balaban J connectivity index is 2.18. The zero-order chi connectivity index (χ0) is 12.3. The SMILES string of the molecule is COC(=O)Cc1ccc(-c2ccc(Cl)cc2)o1. The number of hydrogen-bond donors (Lipinski definition) is 0. The monoisotopic (exact) mass is 250 g/mol. The fourth-order valence-electron chi connectivity index (χ4n) is 1.46. The van der Waals surface area contributed by atoms with Crippen molar-refractivity contribution < 1.29 is 13.9 Å². The number of ether oxygens (including phenoxy) is 1. The molecule has 0 aliphatic carbocycles. The topological polar surface area (TPSA) is 39.4 Å². The van der Waals surface area contributed by atoms with Gasteiger partial charge in [-0.05, 0) is 36.4 Å². The number of carbonyl (C=O) groups excluding carboxylic acids is 1. The third-order valence-corrected chi connectivity index (χ3v) is 2.59. The van der Waals surface area contributed by atoms with E-state index in [9.17, 15) is 4.79 Å². The van der Waals surface area contributed by atoms with Gasteiger partial charge >= 0.3 is 5.97 Å². The van der Waals surface area contributed by atoms with E-state index in [1.165, 1.54) is 7.11 Å². The number of hydrogen-bond acceptors (Lipinski definition) is 3. The van der Waals surface area contributed by atoms with Crippen molar-refractivity contribution >= 4 is 17.6 Å². The summed E-state index contributed by atoms with van der Waals surface area (Å²) in [7, 11) is 1.35. The molecule has 0 radical (unpaired) electrons. The number of halogens is 1. The molecule has 0 N–H and O–H groups in total. The third kappa shape index (κ3) is 2.88. The van der Waals surface area contributed by atoms with Crippen molar-refractivity contribution in [1.29, 1.82) is 0 Å². The van der Waals surface area contributed by atoms with Crippen molar-refractivity contribution in [2.75, 3.05) is 7.11 Å². The minimum Gasteiger partial charge on any atom is -0.469 e. The number of benzene rings is 1. The summed E-state index contributed by atoms with van der Waals surface area (Å²) in [6, 6.07) is 10.9. The Morgan fingerprint density at radius 3 is 2.59 bits per heavy atom. The lowest BCUT2D eigenvalue weighted by Crippen LogP contribution is -2.03. The molecule has 17 heavy (non-hydrogen) atoms. The zero-order valence-electron chi connectivity index (χ0n) is 9.27. The summed E-state index contributed by atoms with van der Waals surface area (Å²) in [4.78, 5) is 11.1. The number of carbonyl (C=O) groups is 1. The minimum atomic E-state index is -0.318. The van der Waals surface area contributed by atoms with Crippen LogP contribution in [-0.4, -0.2) is 13.1 Å². The Morgan fingerprint density at radius 2 is 1.94 bits per heavy atom. The Labute approximate surface area is 104 Å². The van der Waals surface area contributed by atoms with E-state index in [2.05, 4.69) is 4.74 Å². The van der Waals surface area contributed by atoms with E-state index in [0.717, 1.165) is 5.56 Å². The standard InChI is InChI=1S/C13H11ClO3/c1-16-13(15)8-11-6-7-12(17-11)9-2-4-10(14)5-3-9/h2-7H,8H2,1H3. The number of methoxy groups -OCH3 is 1. The average Bonchev–Trinajstić information content (AvgIpc) is 2.78. The van der Waals surface area contributed by atoms with Crippen LogP contribution in [0.25, 0.3) is 11.3 Å². The van der Waals surface area contributed by atoms with Gasteiger partial charge in [-0.1, -0.05) is 11.6 Å². The summed E-state index contributed by atoms with van der Waals surface area (Å²) < 4.78 is 10.1. The summed E-state index contributed by atoms with van der Waals surface area (Å²) in [5, 5.41) is 0.676. The van der Waals surface area contributed by atoms with Gasteiger partial charge in [-0.2, -0.15) is 0 Å². The van der Waals surface area contributed by atoms with Gasteiger partial charge in [0.25, 0.3) is 0 Å². The maximum absolute atomic E-state index is 11.1. The predicted molar refractivity (Wildman–Crippen MR) is 64.9 cm³/mol. The second-order valence-corrected chi connectivity index (χ2v) is 3.96. The largest absolute Gasteiger partial charge is 0.469 e. The van der Waals surface area contributed by atoms with Gasteiger partial charge in [0.1, 0.15) is 17.9 Å². The first-order chi connectivity index (χ1) is 8.19. The molecule has 0 aliphatic heterocycles. The van der Waals surface area contributed by atoms with E-state index >= 15 is 0 Å². The van der Waals surface area contributed by atoms with Crippen molar-refractivity contribution in [2.24, 2.45) is 0 Å². The number of esters is 1. The number of furan rings is 1. The van der Waals surface area contributed by atoms with Crippen molar-refractivity contribution in [3.8, 4) is 11.3 Å². The first-order valence-electron chi connectivity index (χ1n) is 5.10. The van der Waals surface area contributed by atoms with Crippen LogP contribution in [0.4, 0.5) is 0 Å². The molecule has 0 spiro atoms. The molecule has 88 valence electrons. The molecule has 1 heterocycles. The van der Waals surface area contributed by atoms with Gasteiger partial charge < -0.3 is 9.15 Å². The lowest BCUT2D eigenvalue weighted by Gasteiger charge is -1.98. The van der Waals surface area contributed by atoms with Crippen LogP contribution in [0.3, 0.4) is 0 Å². The zero-order valence-corrected chi connectivity index (χ0v) is 10.0. The van der Waals surface area contributed by atoms with Gasteiger partial charge in [0.2, 0.25) is 0 Å². The molecule has 1 aromatic heterocycles. The molecule has 4 heteroatoms. The Morgan fingerprint density at radius 1 is 1.24 bits per heavy atom. The highest BCUT2D eigenvalue weighted by Gasteiger charge is 2.08. The highest BCUT2D eigenvalue weighted by atomic mass is 35.5. The fraction of sp³-hybridized carbons (Fsp3) is 0.154. The first kappa shape index (κ1) is 11.7. The lowest BCUT2D eigenvalue weighted by atomic mass is 10.2. The summed E-state index contributed by atoms with van der Waals surface area (Å²) in [6.07, 6.45) is 0.143. The van der Waals surface area contributed by atoms with E-state index in [1.807, 2.05) is 18.2 Å². The quantitative estimate of drug-likeness (QED) is 0.785. The van der Waals surface area contributed by atoms with Gasteiger partial charge in [-0.3, -0.25) is 4.79 Å². The van der Waals surface area contributed by atoms with E-state index < -0.39 is 0 Å². The Kier molecular flexibility index (Phi) is 3.49. The fourth-order valence-corrected chi connectivity index (χ4v) is 1.58. The maximum atomic E-state index is 11.1. The van der Waals surface area contributed by atoms with Crippen LogP contribution in [0.2, 0.25) is 5.02 Å². The molecule has 2 aromatic rings. The number of rotatable bonds is 3. The van der Waals surface area contributed by atoms with Crippen molar-refractivity contribution in [3.63, 3.8) is 0 Å². The van der Waals surface area contributed by atoms with Crippen LogP contribution < -0.4 is 0 Å². The van der Waals surface area contributed by atoms with Crippen molar-refractivity contribution in [2.45, 2.75) is 6.42 Å². The van der Waals surface area contributed by atoms with Crippen molar-refractivity contribution in [1.82, 2.24) is 0 Å². The van der Waals surface area contributed by atoms with E-state index in [-0.39, 0.29) is 12.4 Å². The predicted octanol–water partition coefficient (Wildman–Crippen LogP) is 3.32. The molecule has 0 bridgehead atoms. The molecule has 0 atom stereocenters. The van der Waals surface area contributed by atoms with Crippen molar-refractivity contribution in [3.05, 3.63) is 47.2 Å². The van der Waals surface area contributed by atoms with E-state index in [0.29, 0.717) is 16.5 Å². The van der Waals surface area contributed by atoms with Crippen LogP contribution in [0.1, 0.15) is 5.76 Å². The second-order valence-electron chi connectivity index (χ2n) is 3.53. The van der Waals surface area contributed by atoms with Gasteiger partial charge in [-0.15, -0.1) is 0 Å². The molecule has 0 unspecified atom stereocenters. The molecule has 0 saturated heterocycles. The first-order valence-corrected chi connectivity index (χ1v) is 5.48. The van der Waals surface area contributed by atoms with Crippen LogP contribution >= 0.6 is 11.6 Å². The molecule has 2 rings (SSSR count). The Hall–Kier alpha value is -1.74. The maximum Gasteiger partial charge on any atom is 0.313 e. The summed E-state index contributed by atoms with van der Waals surface area (Å²) >= 11 is 5.80. The molecule has 0 saturated carbocycles. The van der Waals surface area contributed by atoms with Gasteiger partial charge in [0.15, 0.2) is 0 Å². The molecular weight excluding hydrogens is 240 g/mol. The lowest BCUT2D eigenvalue weighted by molar-refractivity contribution is -0.140. The smallest absolute Gasteiger partial charge is 0.313 e. The van der Waals surface area contributed by atoms with Gasteiger partial charge in [0, 0.05) is 10.6 Å². The van der Waals surface area contributed by atoms with Crippen LogP contribution in [-0.2, 0) is 16.0 Å². The van der Waals surface area contributed by atoms with E-state index in [4.69, 9.17) is 16.0 Å².